The lowest BCUT2D eigenvalue weighted by molar-refractivity contribution is 0.337. The number of nitrogens with zero attached hydrogens (tertiary/aromatic N) is 1. The molecule has 1 rings (SSSR count). The van der Waals surface area contributed by atoms with Gasteiger partial charge in [0, 0.05) is 19.6 Å². The van der Waals surface area contributed by atoms with Gasteiger partial charge in [-0.25, -0.2) is 8.42 Å². The van der Waals surface area contributed by atoms with Crippen molar-refractivity contribution in [3.63, 3.8) is 0 Å². The van der Waals surface area contributed by atoms with E-state index >= 15 is 0 Å². The molecule has 0 aromatic heterocycles. The summed E-state index contributed by atoms with van der Waals surface area (Å²) in [7, 11) is -1.82. The first-order valence-corrected chi connectivity index (χ1v) is 8.42. The van der Waals surface area contributed by atoms with Gasteiger partial charge in [-0.15, -0.1) is 0 Å². The maximum atomic E-state index is 12.7. The smallest absolute Gasteiger partial charge is 0.243 e. The third-order valence-corrected chi connectivity index (χ3v) is 5.82. The van der Waals surface area contributed by atoms with Crippen LogP contribution in [0.5, 0.6) is 0 Å². The highest BCUT2D eigenvalue weighted by atomic mass is 32.2. The number of hydrogen-bond donors (Lipinski definition) is 1. The molecule has 4 nitrogen and oxygen atoms in total. The standard InChI is InChI=1S/C15H26N2O2S/c1-11(2)9-12(3)17(5)20(18,19)15-8-6-7-14(10-16)13(15)4/h6-8,11-12H,9-10,16H2,1-5H3. The average Bonchev–Trinajstić information content (AvgIpc) is 2.36. The average molecular weight is 298 g/mol. The first-order valence-electron chi connectivity index (χ1n) is 6.98. The predicted molar refractivity (Wildman–Crippen MR) is 82.9 cm³/mol. The Bertz CT molecular complexity index is 553. The van der Waals surface area contributed by atoms with Crippen molar-refractivity contribution in [2.45, 2.75) is 51.6 Å². The van der Waals surface area contributed by atoms with Crippen molar-refractivity contribution >= 4 is 10.0 Å². The Balaban J connectivity index is 3.17. The van der Waals surface area contributed by atoms with Gasteiger partial charge in [0.15, 0.2) is 0 Å². The summed E-state index contributed by atoms with van der Waals surface area (Å²) >= 11 is 0. The first-order chi connectivity index (χ1) is 9.21. The molecule has 0 spiro atoms. The summed E-state index contributed by atoms with van der Waals surface area (Å²) in [6.07, 6.45) is 0.839. The Morgan fingerprint density at radius 2 is 1.85 bits per heavy atom. The molecule has 0 saturated carbocycles. The Kier molecular flexibility index (Phi) is 5.74. The Morgan fingerprint density at radius 1 is 1.25 bits per heavy atom. The van der Waals surface area contributed by atoms with Crippen LogP contribution in [0.25, 0.3) is 0 Å². The summed E-state index contributed by atoms with van der Waals surface area (Å²) in [5.74, 6) is 0.458. The summed E-state index contributed by atoms with van der Waals surface area (Å²) < 4.78 is 26.9. The highest BCUT2D eigenvalue weighted by Gasteiger charge is 2.27. The minimum absolute atomic E-state index is 0.0269. The normalized spacial score (nSPS) is 14.0. The molecule has 2 N–H and O–H groups in total. The Labute approximate surface area is 123 Å². The molecule has 0 saturated heterocycles. The fraction of sp³-hybridized carbons (Fsp3) is 0.600. The molecule has 0 heterocycles. The topological polar surface area (TPSA) is 63.4 Å². The van der Waals surface area contributed by atoms with Gasteiger partial charge in [-0.3, -0.25) is 0 Å². The SMILES string of the molecule is Cc1c(CN)cccc1S(=O)(=O)N(C)C(C)CC(C)C. The van der Waals surface area contributed by atoms with E-state index in [2.05, 4.69) is 13.8 Å². The number of nitrogens with two attached hydrogens (primary N) is 1. The maximum absolute atomic E-state index is 12.7. The van der Waals surface area contributed by atoms with Gasteiger partial charge in [0.05, 0.1) is 4.90 Å². The van der Waals surface area contributed by atoms with E-state index in [4.69, 9.17) is 5.73 Å². The van der Waals surface area contributed by atoms with Crippen molar-refractivity contribution in [1.29, 1.82) is 0 Å². The van der Waals surface area contributed by atoms with Crippen LogP contribution in [0.1, 0.15) is 38.3 Å². The van der Waals surface area contributed by atoms with Gasteiger partial charge < -0.3 is 5.73 Å². The van der Waals surface area contributed by atoms with E-state index in [1.165, 1.54) is 4.31 Å². The molecule has 0 amide bonds. The second kappa shape index (κ2) is 6.70. The van der Waals surface area contributed by atoms with Gasteiger partial charge in [0.25, 0.3) is 0 Å². The Morgan fingerprint density at radius 3 is 2.35 bits per heavy atom. The van der Waals surface area contributed by atoms with Crippen LogP contribution >= 0.6 is 0 Å². The van der Waals surface area contributed by atoms with Crippen molar-refractivity contribution in [2.24, 2.45) is 11.7 Å². The van der Waals surface area contributed by atoms with Crippen molar-refractivity contribution in [1.82, 2.24) is 4.31 Å². The number of benzene rings is 1. The van der Waals surface area contributed by atoms with Gasteiger partial charge in [-0.1, -0.05) is 26.0 Å². The molecule has 114 valence electrons. The lowest BCUT2D eigenvalue weighted by Gasteiger charge is -2.26. The molecule has 20 heavy (non-hydrogen) atoms. The van der Waals surface area contributed by atoms with E-state index < -0.39 is 10.0 Å². The highest BCUT2D eigenvalue weighted by Crippen LogP contribution is 2.24. The molecule has 0 aliphatic rings. The first kappa shape index (κ1) is 17.1. The second-order valence-corrected chi connectivity index (χ2v) is 7.71. The summed E-state index contributed by atoms with van der Waals surface area (Å²) in [6, 6.07) is 5.25. The molecule has 1 unspecified atom stereocenters. The number of hydrogen-bond acceptors (Lipinski definition) is 3. The van der Waals surface area contributed by atoms with E-state index in [0.717, 1.165) is 17.5 Å². The molecule has 5 heteroatoms. The zero-order valence-electron chi connectivity index (χ0n) is 13.1. The fourth-order valence-corrected chi connectivity index (χ4v) is 4.02. The summed E-state index contributed by atoms with van der Waals surface area (Å²) in [5, 5.41) is 0. The van der Waals surface area contributed by atoms with Crippen LogP contribution in [0, 0.1) is 12.8 Å². The molecule has 0 fully saturated rings. The molecule has 0 radical (unpaired) electrons. The predicted octanol–water partition coefficient (Wildman–Crippen LogP) is 2.51. The minimum Gasteiger partial charge on any atom is -0.326 e. The zero-order chi connectivity index (χ0) is 15.5. The van der Waals surface area contributed by atoms with Gasteiger partial charge in [-0.05, 0) is 43.4 Å². The largest absolute Gasteiger partial charge is 0.326 e. The van der Waals surface area contributed by atoms with Crippen LogP contribution in [0.3, 0.4) is 0 Å². The fourth-order valence-electron chi connectivity index (χ4n) is 2.38. The van der Waals surface area contributed by atoms with E-state index in [-0.39, 0.29) is 6.04 Å². The second-order valence-electron chi connectivity index (χ2n) is 5.74. The van der Waals surface area contributed by atoms with E-state index in [0.29, 0.717) is 17.4 Å². The van der Waals surface area contributed by atoms with Gasteiger partial charge in [0.2, 0.25) is 10.0 Å². The van der Waals surface area contributed by atoms with Crippen molar-refractivity contribution in [3.05, 3.63) is 29.3 Å². The third-order valence-electron chi connectivity index (χ3n) is 3.71. The van der Waals surface area contributed by atoms with Crippen LogP contribution in [0.2, 0.25) is 0 Å². The van der Waals surface area contributed by atoms with E-state index in [9.17, 15) is 8.42 Å². The summed E-state index contributed by atoms with van der Waals surface area (Å²) in [4.78, 5) is 0.360. The molecule has 0 aliphatic heterocycles. The third kappa shape index (κ3) is 3.59. The van der Waals surface area contributed by atoms with Crippen molar-refractivity contribution < 1.29 is 8.42 Å². The van der Waals surface area contributed by atoms with Crippen LogP contribution in [-0.4, -0.2) is 25.8 Å². The molecule has 1 aromatic rings. The molecule has 0 bridgehead atoms. The quantitative estimate of drug-likeness (QED) is 0.877. The monoisotopic (exact) mass is 298 g/mol. The van der Waals surface area contributed by atoms with Crippen LogP contribution in [-0.2, 0) is 16.6 Å². The number of sulfonamides is 1. The van der Waals surface area contributed by atoms with Crippen LogP contribution in [0.15, 0.2) is 23.1 Å². The summed E-state index contributed by atoms with van der Waals surface area (Å²) in [6.45, 7) is 8.30. The molecule has 1 aromatic carbocycles. The van der Waals surface area contributed by atoms with Gasteiger partial charge >= 0.3 is 0 Å². The molecule has 1 atom stereocenters. The van der Waals surface area contributed by atoms with Crippen molar-refractivity contribution in [3.8, 4) is 0 Å². The van der Waals surface area contributed by atoms with Crippen LogP contribution in [0.4, 0.5) is 0 Å². The Hall–Kier alpha value is -0.910. The van der Waals surface area contributed by atoms with Crippen LogP contribution < -0.4 is 5.73 Å². The number of rotatable bonds is 6. The molecular weight excluding hydrogens is 272 g/mol. The van der Waals surface area contributed by atoms with Gasteiger partial charge in [0.1, 0.15) is 0 Å². The lowest BCUT2D eigenvalue weighted by Crippen LogP contribution is -2.36. The summed E-state index contributed by atoms with van der Waals surface area (Å²) in [5.41, 5.74) is 7.28. The maximum Gasteiger partial charge on any atom is 0.243 e. The highest BCUT2D eigenvalue weighted by molar-refractivity contribution is 7.89. The zero-order valence-corrected chi connectivity index (χ0v) is 13.9. The van der Waals surface area contributed by atoms with Crippen molar-refractivity contribution in [2.75, 3.05) is 7.05 Å². The van der Waals surface area contributed by atoms with E-state index in [1.807, 2.05) is 19.9 Å². The lowest BCUT2D eigenvalue weighted by atomic mass is 10.1. The van der Waals surface area contributed by atoms with E-state index in [1.54, 1.807) is 19.2 Å². The molecular formula is C15H26N2O2S. The van der Waals surface area contributed by atoms with Gasteiger partial charge in [-0.2, -0.15) is 4.31 Å². The molecule has 0 aliphatic carbocycles. The minimum atomic E-state index is -3.47.